The monoisotopic (exact) mass is 250 g/mol. The van der Waals surface area contributed by atoms with Crippen LogP contribution < -0.4 is 5.56 Å². The number of thioether (sulfide) groups is 1. The normalized spacial score (nSPS) is 18.9. The average Bonchev–Trinajstić information content (AvgIpc) is 2.72. The van der Waals surface area contributed by atoms with Crippen LogP contribution in [0.2, 0.25) is 0 Å². The predicted octanol–water partition coefficient (Wildman–Crippen LogP) is 1.80. The van der Waals surface area contributed by atoms with Crippen molar-refractivity contribution in [3.63, 3.8) is 0 Å². The highest BCUT2D eigenvalue weighted by Gasteiger charge is 2.23. The summed E-state index contributed by atoms with van der Waals surface area (Å²) in [6.45, 7) is 0.886. The maximum Gasteiger partial charge on any atom is 0.281 e. The predicted molar refractivity (Wildman–Crippen MR) is 69.5 cm³/mol. The molecule has 0 radical (unpaired) electrons. The largest absolute Gasteiger partial charge is 0.319 e. The van der Waals surface area contributed by atoms with Crippen LogP contribution in [0.3, 0.4) is 0 Å². The van der Waals surface area contributed by atoms with Gasteiger partial charge in [0.15, 0.2) is 5.16 Å². The number of para-hydroxylation sites is 1. The minimum Gasteiger partial charge on any atom is -0.319 e. The molecule has 1 aliphatic heterocycles. The first-order chi connectivity index (χ1) is 7.79. The Morgan fingerprint density at radius 3 is 3.12 bits per heavy atom. The van der Waals surface area contributed by atoms with Gasteiger partial charge in [0.1, 0.15) is 0 Å². The molecule has 0 unspecified atom stereocenters. The van der Waals surface area contributed by atoms with Crippen LogP contribution in [0.4, 0.5) is 0 Å². The fourth-order valence-corrected chi connectivity index (χ4v) is 3.32. The van der Waals surface area contributed by atoms with Gasteiger partial charge in [0.2, 0.25) is 0 Å². The molecular formula is C11H10N2OS2. The zero-order chi connectivity index (χ0) is 11.1. The number of thiol groups is 1. The van der Waals surface area contributed by atoms with Crippen molar-refractivity contribution in [3.05, 3.63) is 34.6 Å². The third-order valence-electron chi connectivity index (χ3n) is 2.72. The van der Waals surface area contributed by atoms with E-state index in [1.807, 2.05) is 24.3 Å². The number of hydrogen-bond donors (Lipinski definition) is 1. The van der Waals surface area contributed by atoms with Crippen molar-refractivity contribution >= 4 is 35.3 Å². The maximum atomic E-state index is 11.8. The Morgan fingerprint density at radius 1 is 1.50 bits per heavy atom. The standard InChI is InChI=1S/C11H10N2OS2/c14-10-8-3-1-2-4-9(8)13-5-7(6-15)16-11(13)12-10/h1-4,7,15H,5-6H2/t7-/m0/s1. The lowest BCUT2D eigenvalue weighted by atomic mass is 10.2. The molecule has 0 N–H and O–H groups in total. The van der Waals surface area contributed by atoms with E-state index in [-0.39, 0.29) is 5.56 Å². The van der Waals surface area contributed by atoms with Gasteiger partial charge in [-0.15, -0.1) is 0 Å². The molecule has 0 saturated carbocycles. The van der Waals surface area contributed by atoms with Crippen LogP contribution in [0, 0.1) is 0 Å². The van der Waals surface area contributed by atoms with E-state index in [9.17, 15) is 4.79 Å². The van der Waals surface area contributed by atoms with Crippen molar-refractivity contribution < 1.29 is 0 Å². The summed E-state index contributed by atoms with van der Waals surface area (Å²) in [5.74, 6) is 0.802. The first kappa shape index (κ1) is 10.2. The van der Waals surface area contributed by atoms with Gasteiger partial charge in [-0.2, -0.15) is 17.6 Å². The summed E-state index contributed by atoms with van der Waals surface area (Å²) >= 11 is 5.94. The second kappa shape index (κ2) is 3.82. The van der Waals surface area contributed by atoms with E-state index in [1.54, 1.807) is 11.8 Å². The third-order valence-corrected chi connectivity index (χ3v) is 4.57. The zero-order valence-electron chi connectivity index (χ0n) is 8.46. The smallest absolute Gasteiger partial charge is 0.281 e. The number of hydrogen-bond acceptors (Lipinski definition) is 4. The SMILES string of the molecule is O=c1nc2n(c3ccccc13)C[C@@H](CS)S2. The lowest BCUT2D eigenvalue weighted by Gasteiger charge is -2.06. The van der Waals surface area contributed by atoms with Gasteiger partial charge < -0.3 is 4.57 Å². The highest BCUT2D eigenvalue weighted by Crippen LogP contribution is 2.32. The topological polar surface area (TPSA) is 34.9 Å². The first-order valence-electron chi connectivity index (χ1n) is 5.06. The summed E-state index contributed by atoms with van der Waals surface area (Å²) in [7, 11) is 0. The molecule has 82 valence electrons. The molecule has 16 heavy (non-hydrogen) atoms. The number of aromatic nitrogens is 2. The van der Waals surface area contributed by atoms with Gasteiger partial charge in [-0.3, -0.25) is 4.79 Å². The van der Waals surface area contributed by atoms with Crippen molar-refractivity contribution in [2.24, 2.45) is 0 Å². The van der Waals surface area contributed by atoms with Gasteiger partial charge in [-0.25, -0.2) is 0 Å². The molecule has 0 amide bonds. The number of benzene rings is 1. The van der Waals surface area contributed by atoms with Crippen molar-refractivity contribution in [3.8, 4) is 0 Å². The number of fused-ring (bicyclic) bond motifs is 3. The van der Waals surface area contributed by atoms with Crippen LogP contribution in [0.5, 0.6) is 0 Å². The Bertz CT molecular complexity index is 608. The minimum absolute atomic E-state index is 0.130. The second-order valence-corrected chi connectivity index (χ2v) is 5.38. The zero-order valence-corrected chi connectivity index (χ0v) is 10.2. The average molecular weight is 250 g/mol. The fourth-order valence-electron chi connectivity index (χ4n) is 1.95. The molecule has 1 aromatic heterocycles. The molecule has 3 rings (SSSR count). The van der Waals surface area contributed by atoms with Crippen LogP contribution in [0.15, 0.2) is 34.2 Å². The molecule has 2 aromatic rings. The van der Waals surface area contributed by atoms with Gasteiger partial charge in [-0.05, 0) is 12.1 Å². The fraction of sp³-hybridized carbons (Fsp3) is 0.273. The van der Waals surface area contributed by atoms with Crippen LogP contribution in [-0.2, 0) is 6.54 Å². The second-order valence-electron chi connectivity index (χ2n) is 3.75. The molecule has 0 aliphatic carbocycles. The molecule has 2 heterocycles. The van der Waals surface area contributed by atoms with Gasteiger partial charge in [0.25, 0.3) is 5.56 Å². The van der Waals surface area contributed by atoms with E-state index in [0.717, 1.165) is 23.0 Å². The summed E-state index contributed by atoms with van der Waals surface area (Å²) in [5.41, 5.74) is 0.850. The summed E-state index contributed by atoms with van der Waals surface area (Å²) in [6.07, 6.45) is 0. The van der Waals surface area contributed by atoms with Gasteiger partial charge in [0.05, 0.1) is 10.9 Å². The highest BCUT2D eigenvalue weighted by molar-refractivity contribution is 8.00. The van der Waals surface area contributed by atoms with Crippen molar-refractivity contribution in [2.75, 3.05) is 5.75 Å². The Labute approximate surface area is 102 Å². The first-order valence-corrected chi connectivity index (χ1v) is 6.58. The molecule has 5 heteroatoms. The van der Waals surface area contributed by atoms with Crippen LogP contribution in [0.25, 0.3) is 10.9 Å². The summed E-state index contributed by atoms with van der Waals surface area (Å²) in [4.78, 5) is 15.9. The highest BCUT2D eigenvalue weighted by atomic mass is 32.2. The Morgan fingerprint density at radius 2 is 2.31 bits per heavy atom. The van der Waals surface area contributed by atoms with E-state index in [2.05, 4.69) is 22.2 Å². The van der Waals surface area contributed by atoms with Crippen molar-refractivity contribution in [1.29, 1.82) is 0 Å². The number of nitrogens with zero attached hydrogens (tertiary/aromatic N) is 2. The lowest BCUT2D eigenvalue weighted by Crippen LogP contribution is -2.13. The lowest BCUT2D eigenvalue weighted by molar-refractivity contribution is 0.668. The van der Waals surface area contributed by atoms with Gasteiger partial charge in [0, 0.05) is 17.5 Å². The van der Waals surface area contributed by atoms with Gasteiger partial charge in [-0.1, -0.05) is 23.9 Å². The Kier molecular flexibility index (Phi) is 2.44. The van der Waals surface area contributed by atoms with E-state index in [0.29, 0.717) is 10.6 Å². The quantitative estimate of drug-likeness (QED) is 0.619. The molecule has 0 bridgehead atoms. The van der Waals surface area contributed by atoms with Crippen LogP contribution in [0.1, 0.15) is 0 Å². The molecule has 0 fully saturated rings. The van der Waals surface area contributed by atoms with Crippen LogP contribution in [-0.4, -0.2) is 20.6 Å². The summed E-state index contributed by atoms with van der Waals surface area (Å²) in [5, 5.41) is 1.94. The summed E-state index contributed by atoms with van der Waals surface area (Å²) < 4.78 is 2.11. The van der Waals surface area contributed by atoms with E-state index < -0.39 is 0 Å². The van der Waals surface area contributed by atoms with Gasteiger partial charge >= 0.3 is 0 Å². The van der Waals surface area contributed by atoms with Crippen molar-refractivity contribution in [2.45, 2.75) is 17.0 Å². The Hall–Kier alpha value is -0.940. The maximum absolute atomic E-state index is 11.8. The molecule has 1 aliphatic rings. The Balaban J connectivity index is 2.30. The van der Waals surface area contributed by atoms with E-state index >= 15 is 0 Å². The number of rotatable bonds is 1. The molecule has 1 aromatic carbocycles. The van der Waals surface area contributed by atoms with E-state index in [1.165, 1.54) is 0 Å². The third kappa shape index (κ3) is 1.46. The minimum atomic E-state index is -0.130. The van der Waals surface area contributed by atoms with E-state index in [4.69, 9.17) is 0 Å². The molecule has 0 saturated heterocycles. The van der Waals surface area contributed by atoms with Crippen molar-refractivity contribution in [1.82, 2.24) is 9.55 Å². The molecule has 3 nitrogen and oxygen atoms in total. The summed E-state index contributed by atoms with van der Waals surface area (Å²) in [6, 6.07) is 7.63. The molecule has 0 spiro atoms. The molecular weight excluding hydrogens is 240 g/mol. The van der Waals surface area contributed by atoms with Crippen LogP contribution >= 0.6 is 24.4 Å². The molecule has 1 atom stereocenters.